The van der Waals surface area contributed by atoms with Crippen molar-refractivity contribution in [1.82, 2.24) is 0 Å². The van der Waals surface area contributed by atoms with E-state index in [4.69, 9.17) is 9.84 Å². The molecule has 0 aliphatic carbocycles. The molecule has 0 aromatic carbocycles. The van der Waals surface area contributed by atoms with Crippen LogP contribution >= 0.6 is 0 Å². The summed E-state index contributed by atoms with van der Waals surface area (Å²) in [6.07, 6.45) is 33.7. The highest BCUT2D eigenvalue weighted by Gasteiger charge is 2.14. The van der Waals surface area contributed by atoms with Gasteiger partial charge in [-0.15, -0.1) is 0 Å². The van der Waals surface area contributed by atoms with Gasteiger partial charge in [-0.2, -0.15) is 0 Å². The van der Waals surface area contributed by atoms with Crippen LogP contribution in [-0.2, 0) is 14.3 Å². The Bertz CT molecular complexity index is 528. The van der Waals surface area contributed by atoms with Crippen molar-refractivity contribution in [3.05, 3.63) is 12.2 Å². The number of unbranched alkanes of at least 4 members (excludes halogenated alkanes) is 18. The lowest BCUT2D eigenvalue weighted by molar-refractivity contribution is -0.150. The minimum atomic E-state index is -0.704. The summed E-state index contributed by atoms with van der Waals surface area (Å²) in [7, 11) is 0. The van der Waals surface area contributed by atoms with Crippen LogP contribution in [0.5, 0.6) is 0 Å². The summed E-state index contributed by atoms with van der Waals surface area (Å²) in [5.74, 6) is -0.726. The highest BCUT2D eigenvalue weighted by molar-refractivity contribution is 5.69. The molecule has 0 bridgehead atoms. The number of esters is 1. The second-order valence-electron chi connectivity index (χ2n) is 11.0. The van der Waals surface area contributed by atoms with E-state index in [0.717, 1.165) is 70.6 Å². The lowest BCUT2D eigenvalue weighted by Crippen LogP contribution is -2.18. The van der Waals surface area contributed by atoms with Crippen molar-refractivity contribution in [1.29, 1.82) is 0 Å². The zero-order valence-corrected chi connectivity index (χ0v) is 24.8. The van der Waals surface area contributed by atoms with Gasteiger partial charge in [-0.3, -0.25) is 9.59 Å². The van der Waals surface area contributed by atoms with Gasteiger partial charge in [0.25, 0.3) is 0 Å². The molecule has 0 saturated carbocycles. The minimum Gasteiger partial charge on any atom is -0.481 e. The molecule has 0 fully saturated rings. The van der Waals surface area contributed by atoms with Crippen molar-refractivity contribution in [3.8, 4) is 0 Å². The van der Waals surface area contributed by atoms with Crippen molar-refractivity contribution in [2.75, 3.05) is 0 Å². The van der Waals surface area contributed by atoms with Gasteiger partial charge in [0, 0.05) is 12.8 Å². The Morgan fingerprint density at radius 1 is 0.568 bits per heavy atom. The quantitative estimate of drug-likeness (QED) is 0.0602. The van der Waals surface area contributed by atoms with Crippen LogP contribution in [0.2, 0.25) is 0 Å². The Labute approximate surface area is 230 Å². The number of rotatable bonds is 29. The maximum atomic E-state index is 12.4. The van der Waals surface area contributed by atoms with Crippen LogP contribution in [0.1, 0.15) is 181 Å². The molecule has 218 valence electrons. The van der Waals surface area contributed by atoms with Gasteiger partial charge in [0.2, 0.25) is 0 Å². The molecule has 1 atom stereocenters. The number of ether oxygens (including phenoxy) is 1. The molecule has 0 amide bonds. The molecular weight excluding hydrogens is 460 g/mol. The highest BCUT2D eigenvalue weighted by Crippen LogP contribution is 2.17. The van der Waals surface area contributed by atoms with Gasteiger partial charge >= 0.3 is 11.9 Å². The first kappa shape index (κ1) is 35.7. The maximum Gasteiger partial charge on any atom is 0.306 e. The fourth-order valence-corrected chi connectivity index (χ4v) is 4.83. The lowest BCUT2D eigenvalue weighted by atomic mass is 10.0. The summed E-state index contributed by atoms with van der Waals surface area (Å²) in [6, 6.07) is 0. The van der Waals surface area contributed by atoms with Crippen LogP contribution in [-0.4, -0.2) is 23.1 Å². The number of carbonyl (C=O) groups is 2. The van der Waals surface area contributed by atoms with E-state index in [1.807, 2.05) is 0 Å². The Morgan fingerprint density at radius 2 is 1.00 bits per heavy atom. The Balaban J connectivity index is 4.08. The Morgan fingerprint density at radius 3 is 1.57 bits per heavy atom. The number of carboxylic acid groups (broad SMARTS) is 1. The summed E-state index contributed by atoms with van der Waals surface area (Å²) >= 11 is 0. The van der Waals surface area contributed by atoms with Gasteiger partial charge < -0.3 is 9.84 Å². The molecule has 0 spiro atoms. The Hall–Kier alpha value is -1.32. The third-order valence-corrected chi connectivity index (χ3v) is 7.24. The number of allylic oxidation sites excluding steroid dienone is 2. The summed E-state index contributed by atoms with van der Waals surface area (Å²) < 4.78 is 5.90. The largest absolute Gasteiger partial charge is 0.481 e. The van der Waals surface area contributed by atoms with Gasteiger partial charge in [0.15, 0.2) is 0 Å². The number of carboxylic acids is 1. The molecule has 1 N–H and O–H groups in total. The van der Waals surface area contributed by atoms with E-state index < -0.39 is 5.97 Å². The first-order chi connectivity index (χ1) is 18.1. The van der Waals surface area contributed by atoms with Crippen LogP contribution in [0.15, 0.2) is 12.2 Å². The smallest absolute Gasteiger partial charge is 0.306 e. The summed E-state index contributed by atoms with van der Waals surface area (Å²) in [5.41, 5.74) is 0. The van der Waals surface area contributed by atoms with Crippen molar-refractivity contribution < 1.29 is 19.4 Å². The zero-order chi connectivity index (χ0) is 27.2. The average molecular weight is 523 g/mol. The van der Waals surface area contributed by atoms with E-state index in [2.05, 4.69) is 26.0 Å². The number of hydrogen-bond acceptors (Lipinski definition) is 3. The molecule has 0 aromatic heterocycles. The fourth-order valence-electron chi connectivity index (χ4n) is 4.83. The third kappa shape index (κ3) is 29.1. The van der Waals surface area contributed by atoms with Crippen molar-refractivity contribution in [2.24, 2.45) is 0 Å². The van der Waals surface area contributed by atoms with Gasteiger partial charge in [-0.1, -0.05) is 122 Å². The molecule has 1 unspecified atom stereocenters. The summed E-state index contributed by atoms with van der Waals surface area (Å²) in [4.78, 5) is 23.1. The van der Waals surface area contributed by atoms with Crippen LogP contribution in [0.3, 0.4) is 0 Å². The number of carbonyl (C=O) groups excluding carboxylic acids is 1. The summed E-state index contributed by atoms with van der Waals surface area (Å²) in [6.45, 7) is 4.49. The van der Waals surface area contributed by atoms with Crippen molar-refractivity contribution in [3.63, 3.8) is 0 Å². The minimum absolute atomic E-state index is 0.0211. The Kier molecular flexibility index (Phi) is 28.2. The number of aliphatic carboxylic acids is 1. The zero-order valence-electron chi connectivity index (χ0n) is 24.8. The van der Waals surface area contributed by atoms with Gasteiger partial charge in [0.1, 0.15) is 6.10 Å². The SMILES string of the molecule is CCCCCCCCCC/C=C\CCCC(CCCCCCCC(=O)O)OC(=O)CCCCCCCC. The standard InChI is InChI=1S/C33H62O4/c1-3-5-7-9-11-12-13-14-15-16-17-19-23-27-31(28-24-20-18-21-25-29-32(34)35)37-33(36)30-26-22-10-8-6-4-2/h16-17,31H,3-15,18-30H2,1-2H3,(H,34,35)/b17-16-. The predicted molar refractivity (Wildman–Crippen MR) is 158 cm³/mol. The normalized spacial score (nSPS) is 12.3. The van der Waals surface area contributed by atoms with Crippen LogP contribution in [0, 0.1) is 0 Å². The van der Waals surface area contributed by atoms with Crippen LogP contribution in [0.4, 0.5) is 0 Å². The molecule has 4 heteroatoms. The number of hydrogen-bond donors (Lipinski definition) is 1. The molecule has 0 aliphatic heterocycles. The van der Waals surface area contributed by atoms with E-state index in [-0.39, 0.29) is 18.5 Å². The molecule has 0 heterocycles. The fraction of sp³-hybridized carbons (Fsp3) is 0.879. The second kappa shape index (κ2) is 29.2. The molecule has 0 rings (SSSR count). The highest BCUT2D eigenvalue weighted by atomic mass is 16.5. The monoisotopic (exact) mass is 522 g/mol. The molecule has 0 aromatic rings. The van der Waals surface area contributed by atoms with Crippen molar-refractivity contribution in [2.45, 2.75) is 187 Å². The van der Waals surface area contributed by atoms with E-state index in [1.54, 1.807) is 0 Å². The molecule has 4 nitrogen and oxygen atoms in total. The van der Waals surface area contributed by atoms with E-state index in [1.165, 1.54) is 83.5 Å². The van der Waals surface area contributed by atoms with Gasteiger partial charge in [-0.05, 0) is 57.8 Å². The lowest BCUT2D eigenvalue weighted by Gasteiger charge is -2.18. The van der Waals surface area contributed by atoms with Gasteiger partial charge in [-0.25, -0.2) is 0 Å². The topological polar surface area (TPSA) is 63.6 Å². The van der Waals surface area contributed by atoms with Crippen molar-refractivity contribution >= 4 is 11.9 Å². The first-order valence-electron chi connectivity index (χ1n) is 16.2. The van der Waals surface area contributed by atoms with E-state index in [9.17, 15) is 9.59 Å². The van der Waals surface area contributed by atoms with Gasteiger partial charge in [0.05, 0.1) is 0 Å². The van der Waals surface area contributed by atoms with Crippen LogP contribution in [0.25, 0.3) is 0 Å². The second-order valence-corrected chi connectivity index (χ2v) is 11.0. The molecule has 0 saturated heterocycles. The van der Waals surface area contributed by atoms with E-state index >= 15 is 0 Å². The van der Waals surface area contributed by atoms with E-state index in [0.29, 0.717) is 6.42 Å². The predicted octanol–water partition coefficient (Wildman–Crippen LogP) is 10.7. The average Bonchev–Trinajstić information content (AvgIpc) is 2.87. The summed E-state index contributed by atoms with van der Waals surface area (Å²) in [5, 5.41) is 8.75. The molecule has 0 aliphatic rings. The third-order valence-electron chi connectivity index (χ3n) is 7.24. The van der Waals surface area contributed by atoms with Crippen LogP contribution < -0.4 is 0 Å². The first-order valence-corrected chi connectivity index (χ1v) is 16.2. The maximum absolute atomic E-state index is 12.4. The molecule has 0 radical (unpaired) electrons. The molecular formula is C33H62O4. The molecule has 37 heavy (non-hydrogen) atoms.